The van der Waals surface area contributed by atoms with Crippen LogP contribution in [-0.2, 0) is 19.1 Å². The molecule has 2 rings (SSSR count). The molecule has 2 fully saturated rings. The molecule has 0 radical (unpaired) electrons. The van der Waals surface area contributed by atoms with E-state index < -0.39 is 11.9 Å². The SMILES string of the molecule is C[N+]1(C)CCOCC1.C[N+]1(C)CCOCC1.O=C([O-])C=CC(=O)[O-]. The van der Waals surface area contributed by atoms with Crippen molar-refractivity contribution in [2.75, 3.05) is 80.8 Å². The summed E-state index contributed by atoms with van der Waals surface area (Å²) in [5, 5.41) is 18.8. The highest BCUT2D eigenvalue weighted by atomic mass is 16.5. The van der Waals surface area contributed by atoms with Gasteiger partial charge in [0.05, 0.1) is 66.6 Å². The van der Waals surface area contributed by atoms with Gasteiger partial charge in [0.15, 0.2) is 0 Å². The van der Waals surface area contributed by atoms with Gasteiger partial charge in [0.2, 0.25) is 0 Å². The van der Waals surface area contributed by atoms with E-state index in [0.29, 0.717) is 12.2 Å². The van der Waals surface area contributed by atoms with Crippen LogP contribution in [0.25, 0.3) is 0 Å². The molecule has 24 heavy (non-hydrogen) atoms. The van der Waals surface area contributed by atoms with Crippen molar-refractivity contribution in [3.8, 4) is 0 Å². The molecule has 0 aromatic heterocycles. The first kappa shape index (κ1) is 22.5. The van der Waals surface area contributed by atoms with E-state index in [9.17, 15) is 19.8 Å². The number of carboxylic acid groups (broad SMARTS) is 2. The van der Waals surface area contributed by atoms with Crippen LogP contribution >= 0.6 is 0 Å². The van der Waals surface area contributed by atoms with E-state index in [2.05, 4.69) is 28.2 Å². The molecule has 0 aromatic rings. The second-order valence-electron chi connectivity index (χ2n) is 6.96. The molecule has 8 heteroatoms. The summed E-state index contributed by atoms with van der Waals surface area (Å²) in [6.07, 6.45) is 0.769. The molecule has 0 aromatic carbocycles. The van der Waals surface area contributed by atoms with Gasteiger partial charge >= 0.3 is 0 Å². The zero-order chi connectivity index (χ0) is 18.6. The summed E-state index contributed by atoms with van der Waals surface area (Å²) < 4.78 is 12.6. The third kappa shape index (κ3) is 14.1. The van der Waals surface area contributed by atoms with Crippen molar-refractivity contribution in [3.63, 3.8) is 0 Å². The molecule has 0 aliphatic carbocycles. The number of hydrogen-bond donors (Lipinski definition) is 0. The molecule has 0 N–H and O–H groups in total. The zero-order valence-corrected chi connectivity index (χ0v) is 15.2. The Morgan fingerprint density at radius 1 is 0.708 bits per heavy atom. The van der Waals surface area contributed by atoms with E-state index in [0.717, 1.165) is 35.4 Å². The normalized spacial score (nSPS) is 21.7. The minimum atomic E-state index is -1.55. The Kier molecular flexibility index (Phi) is 10.5. The molecular formula is C16H30N2O6. The highest BCUT2D eigenvalue weighted by Crippen LogP contribution is 2.01. The minimum Gasteiger partial charge on any atom is -0.545 e. The number of rotatable bonds is 2. The first-order chi connectivity index (χ1) is 11.0. The average molecular weight is 346 g/mol. The van der Waals surface area contributed by atoms with Crippen molar-refractivity contribution in [1.82, 2.24) is 0 Å². The van der Waals surface area contributed by atoms with Crippen LogP contribution in [0.1, 0.15) is 0 Å². The Morgan fingerprint density at radius 3 is 1.08 bits per heavy atom. The summed E-state index contributed by atoms with van der Waals surface area (Å²) in [4.78, 5) is 18.8. The zero-order valence-electron chi connectivity index (χ0n) is 15.2. The van der Waals surface area contributed by atoms with Gasteiger partial charge in [-0.2, -0.15) is 0 Å². The molecule has 2 aliphatic rings. The maximum absolute atomic E-state index is 9.41. The Hall–Kier alpha value is -1.48. The summed E-state index contributed by atoms with van der Waals surface area (Å²) >= 11 is 0. The van der Waals surface area contributed by atoms with Gasteiger partial charge in [-0.25, -0.2) is 0 Å². The quantitative estimate of drug-likeness (QED) is 0.396. The topological polar surface area (TPSA) is 98.7 Å². The molecule has 0 saturated carbocycles. The molecule has 0 atom stereocenters. The number of carbonyl (C=O) groups is 2. The molecule has 0 spiro atoms. The Morgan fingerprint density at radius 2 is 0.958 bits per heavy atom. The van der Waals surface area contributed by atoms with Gasteiger partial charge in [-0.15, -0.1) is 0 Å². The lowest BCUT2D eigenvalue weighted by molar-refractivity contribution is -0.898. The van der Waals surface area contributed by atoms with Gasteiger partial charge in [0.25, 0.3) is 0 Å². The minimum absolute atomic E-state index is 0.384. The van der Waals surface area contributed by atoms with Crippen molar-refractivity contribution in [2.45, 2.75) is 0 Å². The maximum Gasteiger partial charge on any atom is 0.102 e. The summed E-state index contributed by atoms with van der Waals surface area (Å²) in [5.41, 5.74) is 0. The molecule has 2 saturated heterocycles. The van der Waals surface area contributed by atoms with Gasteiger partial charge < -0.3 is 38.2 Å². The fraction of sp³-hybridized carbons (Fsp3) is 0.750. The summed E-state index contributed by atoms with van der Waals surface area (Å²) in [5.74, 6) is -3.09. The molecular weight excluding hydrogens is 316 g/mol. The predicted molar refractivity (Wildman–Crippen MR) is 84.5 cm³/mol. The van der Waals surface area contributed by atoms with Gasteiger partial charge in [-0.1, -0.05) is 0 Å². The van der Waals surface area contributed by atoms with Crippen LogP contribution < -0.4 is 10.2 Å². The van der Waals surface area contributed by atoms with Gasteiger partial charge in [0, 0.05) is 0 Å². The maximum atomic E-state index is 9.41. The van der Waals surface area contributed by atoms with Crippen LogP contribution in [-0.4, -0.2) is 102 Å². The van der Waals surface area contributed by atoms with E-state index in [1.165, 1.54) is 26.2 Å². The fourth-order valence-corrected chi connectivity index (χ4v) is 1.81. The lowest BCUT2D eigenvalue weighted by Crippen LogP contribution is -2.48. The number of likely N-dealkylation sites (N-methyl/N-ethyl adjacent to an activating group) is 2. The standard InChI is InChI=1S/2C6H14NO.C4H4O4/c2*1-7(2)3-5-8-6-4-7;5-3(6)1-2-4(7)8/h2*3-6H2,1-2H3;1-2H,(H,5,6)(H,7,8)/q2*+1;/p-2. The van der Waals surface area contributed by atoms with Crippen molar-refractivity contribution in [3.05, 3.63) is 12.2 Å². The Labute approximate surface area is 144 Å². The van der Waals surface area contributed by atoms with E-state index in [4.69, 9.17) is 9.47 Å². The smallest absolute Gasteiger partial charge is 0.102 e. The second kappa shape index (κ2) is 11.1. The first-order valence-electron chi connectivity index (χ1n) is 7.94. The molecule has 0 bridgehead atoms. The third-order valence-corrected chi connectivity index (χ3v) is 3.72. The van der Waals surface area contributed by atoms with Crippen LogP contribution in [0.2, 0.25) is 0 Å². The highest BCUT2D eigenvalue weighted by Gasteiger charge is 2.18. The van der Waals surface area contributed by atoms with Crippen molar-refractivity contribution < 1.29 is 38.2 Å². The van der Waals surface area contributed by atoms with E-state index in [1.54, 1.807) is 0 Å². The second-order valence-corrected chi connectivity index (χ2v) is 6.96. The lowest BCUT2D eigenvalue weighted by atomic mass is 10.4. The number of carbonyl (C=O) groups excluding carboxylic acids is 2. The van der Waals surface area contributed by atoms with E-state index in [-0.39, 0.29) is 0 Å². The molecule has 0 unspecified atom stereocenters. The number of carboxylic acids is 2. The number of aliphatic carboxylic acids is 2. The van der Waals surface area contributed by atoms with Crippen molar-refractivity contribution in [1.29, 1.82) is 0 Å². The lowest BCUT2D eigenvalue weighted by Gasteiger charge is -2.33. The van der Waals surface area contributed by atoms with E-state index in [1.807, 2.05) is 0 Å². The fourth-order valence-electron chi connectivity index (χ4n) is 1.81. The largest absolute Gasteiger partial charge is 0.545 e. The van der Waals surface area contributed by atoms with Crippen LogP contribution in [0.4, 0.5) is 0 Å². The summed E-state index contributed by atoms with van der Waals surface area (Å²) in [6.45, 7) is 8.42. The number of morpholine rings is 2. The number of quaternary nitrogens is 2. The summed E-state index contributed by atoms with van der Waals surface area (Å²) in [7, 11) is 8.95. The third-order valence-electron chi connectivity index (χ3n) is 3.72. The monoisotopic (exact) mass is 346 g/mol. The van der Waals surface area contributed by atoms with Crippen LogP contribution in [0, 0.1) is 0 Å². The van der Waals surface area contributed by atoms with Crippen LogP contribution in [0.3, 0.4) is 0 Å². The molecule has 0 amide bonds. The molecule has 8 nitrogen and oxygen atoms in total. The number of ether oxygens (including phenoxy) is 2. The van der Waals surface area contributed by atoms with E-state index >= 15 is 0 Å². The number of nitrogens with zero attached hydrogens (tertiary/aromatic N) is 2. The van der Waals surface area contributed by atoms with Gasteiger partial charge in [-0.3, -0.25) is 0 Å². The summed E-state index contributed by atoms with van der Waals surface area (Å²) in [6, 6.07) is 0. The average Bonchev–Trinajstić information content (AvgIpc) is 2.46. The Bertz CT molecular complexity index is 367. The molecule has 2 aliphatic heterocycles. The highest BCUT2D eigenvalue weighted by molar-refractivity contribution is 5.87. The van der Waals surface area contributed by atoms with Gasteiger partial charge in [-0.05, 0) is 12.2 Å². The Balaban J connectivity index is 0.000000331. The van der Waals surface area contributed by atoms with Crippen molar-refractivity contribution >= 4 is 11.9 Å². The predicted octanol–water partition coefficient (Wildman–Crippen LogP) is -2.77. The van der Waals surface area contributed by atoms with Crippen LogP contribution in [0.15, 0.2) is 12.2 Å². The van der Waals surface area contributed by atoms with Gasteiger partial charge in [0.1, 0.15) is 26.2 Å². The molecule has 2 heterocycles. The van der Waals surface area contributed by atoms with Crippen molar-refractivity contribution in [2.24, 2.45) is 0 Å². The first-order valence-corrected chi connectivity index (χ1v) is 7.94. The number of hydrogen-bond acceptors (Lipinski definition) is 6. The van der Waals surface area contributed by atoms with Crippen LogP contribution in [0.5, 0.6) is 0 Å². The molecule has 140 valence electrons.